The van der Waals surface area contributed by atoms with Crippen LogP contribution >= 0.6 is 11.6 Å². The molecule has 0 bridgehead atoms. The molecule has 0 spiro atoms. The molecule has 0 saturated heterocycles. The van der Waals surface area contributed by atoms with Crippen molar-refractivity contribution in [1.82, 2.24) is 4.98 Å². The Kier molecular flexibility index (Phi) is 3.43. The first-order valence-electron chi connectivity index (χ1n) is 6.65. The monoisotopic (exact) mass is 299 g/mol. The maximum Gasteiger partial charge on any atom is 0.307 e. The highest BCUT2D eigenvalue weighted by Crippen LogP contribution is 2.35. The molecule has 0 aliphatic heterocycles. The molecule has 1 heterocycles. The summed E-state index contributed by atoms with van der Waals surface area (Å²) in [4.78, 5) is 14.6. The number of aromatic nitrogens is 1. The summed E-state index contributed by atoms with van der Waals surface area (Å²) in [5, 5.41) is 10.8. The number of hydrogen-bond donors (Lipinski definition) is 2. The van der Waals surface area contributed by atoms with E-state index in [4.69, 9.17) is 11.6 Å². The fraction of sp³-hybridized carbons (Fsp3) is 0.118. The predicted octanol–water partition coefficient (Wildman–Crippen LogP) is 4.42. The molecular formula is C17H14ClNO2. The van der Waals surface area contributed by atoms with Gasteiger partial charge >= 0.3 is 5.97 Å². The smallest absolute Gasteiger partial charge is 0.307 e. The maximum atomic E-state index is 11.2. The van der Waals surface area contributed by atoms with Gasteiger partial charge in [-0.3, -0.25) is 4.79 Å². The van der Waals surface area contributed by atoms with Crippen molar-refractivity contribution in [2.75, 3.05) is 0 Å². The number of nitrogens with one attached hydrogen (secondary N) is 1. The van der Waals surface area contributed by atoms with Crippen molar-refractivity contribution in [3.05, 3.63) is 58.6 Å². The summed E-state index contributed by atoms with van der Waals surface area (Å²) < 4.78 is 0. The van der Waals surface area contributed by atoms with Gasteiger partial charge in [0, 0.05) is 21.5 Å². The summed E-state index contributed by atoms with van der Waals surface area (Å²) in [6.07, 6.45) is -0.0377. The van der Waals surface area contributed by atoms with Crippen molar-refractivity contribution in [2.24, 2.45) is 0 Å². The Morgan fingerprint density at radius 2 is 1.95 bits per heavy atom. The molecule has 106 valence electrons. The van der Waals surface area contributed by atoms with Gasteiger partial charge in [0.15, 0.2) is 0 Å². The molecule has 2 aromatic carbocycles. The van der Waals surface area contributed by atoms with E-state index in [1.165, 1.54) is 0 Å². The lowest BCUT2D eigenvalue weighted by molar-refractivity contribution is -0.136. The molecule has 2 N–H and O–H groups in total. The number of benzene rings is 2. The van der Waals surface area contributed by atoms with Crippen molar-refractivity contribution < 1.29 is 9.90 Å². The standard InChI is InChI=1S/C17H14ClNO2/c1-10-5-4-7-11-13(9-15(20)21)17(19-16(10)11)12-6-2-3-8-14(12)18/h2-8,19H,9H2,1H3,(H,20,21). The number of H-pyrrole nitrogens is 1. The molecule has 0 amide bonds. The zero-order chi connectivity index (χ0) is 15.0. The molecule has 3 aromatic rings. The molecule has 0 unspecified atom stereocenters. The third-order valence-corrected chi connectivity index (χ3v) is 3.95. The fourth-order valence-electron chi connectivity index (χ4n) is 2.65. The molecular weight excluding hydrogens is 286 g/mol. The highest BCUT2D eigenvalue weighted by atomic mass is 35.5. The Morgan fingerprint density at radius 3 is 2.67 bits per heavy atom. The number of aliphatic carboxylic acids is 1. The van der Waals surface area contributed by atoms with E-state index in [0.717, 1.165) is 33.3 Å². The van der Waals surface area contributed by atoms with E-state index < -0.39 is 5.97 Å². The van der Waals surface area contributed by atoms with Crippen molar-refractivity contribution >= 4 is 28.5 Å². The number of halogens is 1. The van der Waals surface area contributed by atoms with Crippen molar-refractivity contribution in [2.45, 2.75) is 13.3 Å². The summed E-state index contributed by atoms with van der Waals surface area (Å²) in [5.41, 5.74) is 4.42. The second-order valence-electron chi connectivity index (χ2n) is 5.03. The topological polar surface area (TPSA) is 53.1 Å². The molecule has 0 aliphatic carbocycles. The van der Waals surface area contributed by atoms with Crippen LogP contribution in [-0.4, -0.2) is 16.1 Å². The molecule has 4 heteroatoms. The highest BCUT2D eigenvalue weighted by molar-refractivity contribution is 6.33. The minimum absolute atomic E-state index is 0.0377. The van der Waals surface area contributed by atoms with E-state index in [-0.39, 0.29) is 6.42 Å². The summed E-state index contributed by atoms with van der Waals surface area (Å²) in [7, 11) is 0. The lowest BCUT2D eigenvalue weighted by atomic mass is 10.0. The van der Waals surface area contributed by atoms with Gasteiger partial charge < -0.3 is 10.1 Å². The van der Waals surface area contributed by atoms with Gasteiger partial charge in [-0.2, -0.15) is 0 Å². The van der Waals surface area contributed by atoms with Crippen LogP contribution in [0.2, 0.25) is 5.02 Å². The number of carboxylic acids is 1. The number of hydrogen-bond acceptors (Lipinski definition) is 1. The first kappa shape index (κ1) is 13.7. The second kappa shape index (κ2) is 5.26. The number of fused-ring (bicyclic) bond motifs is 1. The van der Waals surface area contributed by atoms with E-state index >= 15 is 0 Å². The van der Waals surface area contributed by atoms with Crippen molar-refractivity contribution in [1.29, 1.82) is 0 Å². The van der Waals surface area contributed by atoms with Crippen LogP contribution in [0.15, 0.2) is 42.5 Å². The molecule has 0 radical (unpaired) electrons. The lowest BCUT2D eigenvalue weighted by Crippen LogP contribution is -2.01. The van der Waals surface area contributed by atoms with Gasteiger partial charge in [0.2, 0.25) is 0 Å². The Bertz CT molecular complexity index is 836. The predicted molar refractivity (Wildman–Crippen MR) is 84.8 cm³/mol. The van der Waals surface area contributed by atoms with Crippen molar-refractivity contribution in [3.8, 4) is 11.3 Å². The second-order valence-corrected chi connectivity index (χ2v) is 5.43. The highest BCUT2D eigenvalue weighted by Gasteiger charge is 2.18. The zero-order valence-corrected chi connectivity index (χ0v) is 12.2. The number of aryl methyl sites for hydroxylation is 1. The first-order chi connectivity index (χ1) is 10.1. The lowest BCUT2D eigenvalue weighted by Gasteiger charge is -2.05. The zero-order valence-electron chi connectivity index (χ0n) is 11.5. The minimum atomic E-state index is -0.856. The number of carbonyl (C=O) groups is 1. The molecule has 0 aliphatic rings. The number of carboxylic acid groups (broad SMARTS) is 1. The van der Waals surface area contributed by atoms with E-state index in [9.17, 15) is 9.90 Å². The van der Waals surface area contributed by atoms with Crippen LogP contribution in [-0.2, 0) is 11.2 Å². The van der Waals surface area contributed by atoms with E-state index in [2.05, 4.69) is 4.98 Å². The third kappa shape index (κ3) is 2.41. The normalized spacial score (nSPS) is 11.0. The molecule has 0 fully saturated rings. The average molecular weight is 300 g/mol. The van der Waals surface area contributed by atoms with E-state index in [1.54, 1.807) is 6.07 Å². The van der Waals surface area contributed by atoms with Gasteiger partial charge in [-0.25, -0.2) is 0 Å². The van der Waals surface area contributed by atoms with E-state index in [0.29, 0.717) is 5.02 Å². The SMILES string of the molecule is Cc1cccc2c(CC(=O)O)c(-c3ccccc3Cl)[nH]c12. The Balaban J connectivity index is 2.33. The van der Waals surface area contributed by atoms with Crippen molar-refractivity contribution in [3.63, 3.8) is 0 Å². The summed E-state index contributed by atoms with van der Waals surface area (Å²) in [6, 6.07) is 13.3. The maximum absolute atomic E-state index is 11.2. The largest absolute Gasteiger partial charge is 0.481 e. The Hall–Kier alpha value is -2.26. The number of rotatable bonds is 3. The van der Waals surface area contributed by atoms with Crippen LogP contribution in [0, 0.1) is 6.92 Å². The van der Waals surface area contributed by atoms with Gasteiger partial charge in [0.25, 0.3) is 0 Å². The van der Waals surface area contributed by atoms with Gasteiger partial charge in [-0.15, -0.1) is 0 Å². The van der Waals surface area contributed by atoms with Gasteiger partial charge in [0.05, 0.1) is 12.1 Å². The minimum Gasteiger partial charge on any atom is -0.481 e. The average Bonchev–Trinajstić information content (AvgIpc) is 2.79. The molecule has 3 nitrogen and oxygen atoms in total. The van der Waals surface area contributed by atoms with Crippen LogP contribution in [0.4, 0.5) is 0 Å². The summed E-state index contributed by atoms with van der Waals surface area (Å²) >= 11 is 6.27. The van der Waals surface area contributed by atoms with Crippen LogP contribution in [0.3, 0.4) is 0 Å². The van der Waals surface area contributed by atoms with Crippen LogP contribution in [0.25, 0.3) is 22.2 Å². The van der Waals surface area contributed by atoms with Gasteiger partial charge in [0.1, 0.15) is 0 Å². The third-order valence-electron chi connectivity index (χ3n) is 3.62. The van der Waals surface area contributed by atoms with E-state index in [1.807, 2.05) is 43.3 Å². The van der Waals surface area contributed by atoms with Gasteiger partial charge in [-0.1, -0.05) is 48.0 Å². The molecule has 3 rings (SSSR count). The quantitative estimate of drug-likeness (QED) is 0.752. The van der Waals surface area contributed by atoms with Crippen LogP contribution < -0.4 is 0 Å². The molecule has 21 heavy (non-hydrogen) atoms. The Labute approximate surface area is 127 Å². The molecule has 0 saturated carbocycles. The van der Waals surface area contributed by atoms with Gasteiger partial charge in [-0.05, 0) is 24.1 Å². The van der Waals surface area contributed by atoms with Crippen LogP contribution in [0.5, 0.6) is 0 Å². The fourth-order valence-corrected chi connectivity index (χ4v) is 2.88. The summed E-state index contributed by atoms with van der Waals surface area (Å²) in [6.45, 7) is 2.00. The number of para-hydroxylation sites is 1. The molecule has 1 aromatic heterocycles. The summed E-state index contributed by atoms with van der Waals surface area (Å²) in [5.74, 6) is -0.856. The molecule has 0 atom stereocenters. The number of aromatic amines is 1. The first-order valence-corrected chi connectivity index (χ1v) is 7.02. The Morgan fingerprint density at radius 1 is 1.19 bits per heavy atom. The van der Waals surface area contributed by atoms with Crippen LogP contribution in [0.1, 0.15) is 11.1 Å².